The number of aryl methyl sites for hydroxylation is 1. The van der Waals surface area contributed by atoms with E-state index in [9.17, 15) is 40.2 Å². The molecule has 2 amide bonds. The Labute approximate surface area is 261 Å². The largest absolute Gasteiger partial charge is 0.388 e. The van der Waals surface area contributed by atoms with Gasteiger partial charge in [-0.05, 0) is 61.9 Å². The number of nitrogens with one attached hydrogen (secondary N) is 4. The first-order valence-corrected chi connectivity index (χ1v) is 15.0. The molecule has 0 aliphatic carbocycles. The number of carbonyl (C=O) groups excluding carboxylic acids is 2. The highest BCUT2D eigenvalue weighted by Crippen LogP contribution is 2.23. The summed E-state index contributed by atoms with van der Waals surface area (Å²) >= 11 is 10.8. The molecule has 1 aromatic rings. The van der Waals surface area contributed by atoms with Gasteiger partial charge in [0.15, 0.2) is 22.4 Å². The number of rotatable bonds is 10. The van der Waals surface area contributed by atoms with Gasteiger partial charge in [-0.2, -0.15) is 0 Å². The highest BCUT2D eigenvalue weighted by atomic mass is 32.1. The highest BCUT2D eigenvalue weighted by molar-refractivity contribution is 7.80. The molecule has 3 rings (SSSR count). The van der Waals surface area contributed by atoms with E-state index in [0.29, 0.717) is 37.3 Å². The summed E-state index contributed by atoms with van der Waals surface area (Å²) in [6.07, 6.45) is -8.13. The summed E-state index contributed by atoms with van der Waals surface area (Å²) in [7, 11) is 0. The zero-order valence-corrected chi connectivity index (χ0v) is 25.9. The van der Waals surface area contributed by atoms with E-state index < -0.39 is 60.5 Å². The van der Waals surface area contributed by atoms with E-state index in [1.54, 1.807) is 12.1 Å². The SMILES string of the molecule is CCCN1C(=O)[C@H](O)[C@@H](O)[C@H](O)[C@H]1CNC(=S)Nc1ccc(C)c(NC(=S)NC[C@@H]2[C@@H](O)[C@H](O)[C@@H](O)C(=O)N2CCC)c1. The lowest BCUT2D eigenvalue weighted by atomic mass is 9.93. The van der Waals surface area contributed by atoms with Crippen LogP contribution >= 0.6 is 24.4 Å². The van der Waals surface area contributed by atoms with Crippen LogP contribution in [-0.2, 0) is 9.59 Å². The molecule has 0 bridgehead atoms. The molecule has 0 saturated carbocycles. The number of hydrogen-bond acceptors (Lipinski definition) is 10. The molecule has 0 aromatic heterocycles. The molecule has 0 radical (unpaired) electrons. The third kappa shape index (κ3) is 8.07. The number of likely N-dealkylation sites (tertiary alicyclic amines) is 2. The van der Waals surface area contributed by atoms with Crippen molar-refractivity contribution < 1.29 is 40.2 Å². The smallest absolute Gasteiger partial charge is 0.254 e. The molecule has 8 atom stereocenters. The van der Waals surface area contributed by atoms with Gasteiger partial charge in [0.25, 0.3) is 11.8 Å². The molecule has 10 N–H and O–H groups in total. The van der Waals surface area contributed by atoms with Crippen molar-refractivity contribution >= 4 is 57.8 Å². The van der Waals surface area contributed by atoms with Crippen molar-refractivity contribution in [3.63, 3.8) is 0 Å². The van der Waals surface area contributed by atoms with Crippen molar-refractivity contribution in [2.75, 3.05) is 36.8 Å². The van der Waals surface area contributed by atoms with Gasteiger partial charge >= 0.3 is 0 Å². The van der Waals surface area contributed by atoms with Crippen LogP contribution < -0.4 is 21.3 Å². The monoisotopic (exact) mass is 642 g/mol. The molecule has 2 saturated heterocycles. The Morgan fingerprint density at radius 2 is 1.19 bits per heavy atom. The summed E-state index contributed by atoms with van der Waals surface area (Å²) in [5.74, 6) is -1.30. The fourth-order valence-electron chi connectivity index (χ4n) is 5.22. The highest BCUT2D eigenvalue weighted by Gasteiger charge is 2.47. The predicted molar refractivity (Wildman–Crippen MR) is 167 cm³/mol. The molecule has 2 aliphatic heterocycles. The third-order valence-corrected chi connectivity index (χ3v) is 8.12. The molecule has 14 nitrogen and oxygen atoms in total. The van der Waals surface area contributed by atoms with Gasteiger partial charge in [0.05, 0.1) is 12.1 Å². The zero-order chi connectivity index (χ0) is 32.0. The van der Waals surface area contributed by atoms with E-state index in [2.05, 4.69) is 21.3 Å². The van der Waals surface area contributed by atoms with Crippen molar-refractivity contribution in [3.8, 4) is 0 Å². The quantitative estimate of drug-likeness (QED) is 0.125. The summed E-state index contributed by atoms with van der Waals surface area (Å²) < 4.78 is 0. The Balaban J connectivity index is 1.59. The second kappa shape index (κ2) is 15.3. The Kier molecular flexibility index (Phi) is 12.4. The lowest BCUT2D eigenvalue weighted by Crippen LogP contribution is -2.66. The number of nitrogens with zero attached hydrogens (tertiary/aromatic N) is 2. The van der Waals surface area contributed by atoms with Crippen molar-refractivity contribution in [1.29, 1.82) is 0 Å². The molecule has 0 spiro atoms. The van der Waals surface area contributed by atoms with Crippen molar-refractivity contribution in [2.45, 2.75) is 82.3 Å². The van der Waals surface area contributed by atoms with Crippen LogP contribution in [0.1, 0.15) is 32.3 Å². The van der Waals surface area contributed by atoms with Crippen LogP contribution in [0.4, 0.5) is 11.4 Å². The van der Waals surface area contributed by atoms with Crippen LogP contribution in [0.2, 0.25) is 0 Å². The van der Waals surface area contributed by atoms with Crippen molar-refractivity contribution in [1.82, 2.24) is 20.4 Å². The minimum atomic E-state index is -1.69. The molecule has 2 aliphatic rings. The molecule has 2 fully saturated rings. The van der Waals surface area contributed by atoms with Crippen molar-refractivity contribution in [2.24, 2.45) is 0 Å². The number of aliphatic hydroxyl groups excluding tert-OH is 6. The number of carbonyl (C=O) groups is 2. The number of piperidine rings is 2. The van der Waals surface area contributed by atoms with Gasteiger partial charge in [-0.15, -0.1) is 0 Å². The van der Waals surface area contributed by atoms with Crippen LogP contribution in [0.3, 0.4) is 0 Å². The van der Waals surface area contributed by atoms with Gasteiger partial charge in [0, 0.05) is 37.6 Å². The minimum absolute atomic E-state index is 0.0315. The fourth-order valence-corrected chi connectivity index (χ4v) is 5.62. The number of anilines is 2. The minimum Gasteiger partial charge on any atom is -0.388 e. The van der Waals surface area contributed by atoms with Crippen molar-refractivity contribution in [3.05, 3.63) is 23.8 Å². The average molecular weight is 643 g/mol. The first kappa shape index (κ1) is 34.8. The Morgan fingerprint density at radius 1 is 0.744 bits per heavy atom. The summed E-state index contributed by atoms with van der Waals surface area (Å²) in [5.41, 5.74) is 2.07. The van der Waals surface area contributed by atoms with Crippen LogP contribution in [0.15, 0.2) is 18.2 Å². The Bertz CT molecular complexity index is 1180. The van der Waals surface area contributed by atoms with Crippen LogP contribution in [-0.4, -0.2) is 137 Å². The van der Waals surface area contributed by atoms with E-state index in [1.807, 2.05) is 26.8 Å². The number of benzene rings is 1. The normalized spacial score (nSPS) is 29.3. The zero-order valence-electron chi connectivity index (χ0n) is 24.3. The van der Waals surface area contributed by atoms with Crippen LogP contribution in [0, 0.1) is 6.92 Å². The first-order valence-electron chi connectivity index (χ1n) is 14.2. The predicted octanol–water partition coefficient (Wildman–Crippen LogP) is -2.03. The summed E-state index contributed by atoms with van der Waals surface area (Å²) in [6.45, 7) is 6.22. The molecular formula is C27H42N6O8S2. The second-order valence-electron chi connectivity index (χ2n) is 10.7. The maximum Gasteiger partial charge on any atom is 0.254 e. The molecule has 1 aromatic carbocycles. The number of amides is 2. The summed E-state index contributed by atoms with van der Waals surface area (Å²) in [5, 5.41) is 73.6. The van der Waals surface area contributed by atoms with E-state index in [4.69, 9.17) is 24.4 Å². The lowest BCUT2D eigenvalue weighted by Gasteiger charge is -2.43. The van der Waals surface area contributed by atoms with Gasteiger partial charge in [0.1, 0.15) is 24.4 Å². The average Bonchev–Trinajstić information content (AvgIpc) is 2.97. The molecule has 16 heteroatoms. The van der Waals surface area contributed by atoms with Crippen LogP contribution in [0.25, 0.3) is 0 Å². The third-order valence-electron chi connectivity index (χ3n) is 7.62. The second-order valence-corrected chi connectivity index (χ2v) is 11.6. The Morgan fingerprint density at radius 3 is 1.63 bits per heavy atom. The standard InChI is InChI=1S/C27H42N6O8S2/c1-4-8-32-16(18(34)20(36)22(38)24(32)40)11-28-26(42)30-14-7-6-13(3)15(10-14)31-27(43)29-12-17-19(35)21(37)23(39)25(41)33(17)9-5-2/h6-7,10,16-23,34-39H,4-5,8-9,11-12H2,1-3H3,(H2,28,30,42)(H2,29,31,43)/t16-,17-,18-,19-,20+,21+,22-,23-/m1/s1. The molecule has 43 heavy (non-hydrogen) atoms. The maximum atomic E-state index is 12.5. The van der Waals surface area contributed by atoms with Gasteiger partial charge in [-0.25, -0.2) is 0 Å². The van der Waals surface area contributed by atoms with E-state index in [-0.39, 0.29) is 23.3 Å². The number of hydrogen-bond donors (Lipinski definition) is 10. The fraction of sp³-hybridized carbons (Fsp3) is 0.630. The first-order chi connectivity index (χ1) is 20.3. The molecule has 0 unspecified atom stereocenters. The maximum absolute atomic E-state index is 12.5. The van der Waals surface area contributed by atoms with Gasteiger partial charge in [0.2, 0.25) is 0 Å². The van der Waals surface area contributed by atoms with E-state index >= 15 is 0 Å². The topological polar surface area (TPSA) is 210 Å². The molecular weight excluding hydrogens is 600 g/mol. The summed E-state index contributed by atoms with van der Waals surface area (Å²) in [6, 6.07) is 3.75. The number of thiocarbonyl (C=S) groups is 2. The van der Waals surface area contributed by atoms with Gasteiger partial charge < -0.3 is 61.7 Å². The van der Waals surface area contributed by atoms with E-state index in [1.165, 1.54) is 9.80 Å². The van der Waals surface area contributed by atoms with Gasteiger partial charge in [-0.3, -0.25) is 9.59 Å². The van der Waals surface area contributed by atoms with Gasteiger partial charge in [-0.1, -0.05) is 19.9 Å². The summed E-state index contributed by atoms with van der Waals surface area (Å²) in [4.78, 5) is 27.6. The van der Waals surface area contributed by atoms with Crippen LogP contribution in [0.5, 0.6) is 0 Å². The molecule has 2 heterocycles. The lowest BCUT2D eigenvalue weighted by molar-refractivity contribution is -0.175. The molecule has 240 valence electrons. The number of aliphatic hydroxyl groups is 6. The Hall–Kier alpha value is -2.70. The van der Waals surface area contributed by atoms with E-state index in [0.717, 1.165) is 5.56 Å².